The Bertz CT molecular complexity index is 1790. The molecule has 10 nitrogen and oxygen atoms in total. The highest BCUT2D eigenvalue weighted by molar-refractivity contribution is 6.32. The molecule has 0 bridgehead atoms. The predicted molar refractivity (Wildman–Crippen MR) is 172 cm³/mol. The van der Waals surface area contributed by atoms with Crippen LogP contribution in [-0.4, -0.2) is 48.4 Å². The number of hydrogen-bond donors (Lipinski definition) is 4. The molecular weight excluding hydrogens is 594 g/mol. The van der Waals surface area contributed by atoms with Crippen LogP contribution < -0.4 is 25.4 Å². The third-order valence-corrected chi connectivity index (χ3v) is 7.98. The number of carbonyl (C=O) groups is 1. The number of benzene rings is 3. The Morgan fingerprint density at radius 3 is 2.78 bits per heavy atom. The first-order valence-corrected chi connectivity index (χ1v) is 15.1. The van der Waals surface area contributed by atoms with E-state index in [0.29, 0.717) is 68.8 Å². The number of pyridine rings is 1. The zero-order valence-electron chi connectivity index (χ0n) is 24.4. The number of phenolic OH excluding ortho intramolecular Hbond substituents is 1. The standard InChI is InChI=1S/C34H32ClN5O5/c35-27-14-24(5-6-31(27)44-19-22-3-1-2-4-30(22)41)39-34-23(17-36)18-38-28-16-32(45-25-9-12-43-20-25)29(15-26(28)34)40-33(42)13-21-7-10-37-11-8-21/h1-6,13-16,18,25,37,41H,7-12,19-20H2,(H,38,39)(H,40,42). The summed E-state index contributed by atoms with van der Waals surface area (Å²) in [6, 6.07) is 17.9. The minimum absolute atomic E-state index is 0.143. The van der Waals surface area contributed by atoms with Crippen LogP contribution in [-0.2, 0) is 16.1 Å². The van der Waals surface area contributed by atoms with Crippen molar-refractivity contribution in [2.45, 2.75) is 32.0 Å². The van der Waals surface area contributed by atoms with Gasteiger partial charge in [0, 0.05) is 41.4 Å². The second kappa shape index (κ2) is 13.9. The van der Waals surface area contributed by atoms with Crippen LogP contribution in [0, 0.1) is 11.3 Å². The van der Waals surface area contributed by atoms with Gasteiger partial charge in [-0.2, -0.15) is 5.26 Å². The number of aromatic nitrogens is 1. The number of piperidine rings is 1. The van der Waals surface area contributed by atoms with Gasteiger partial charge in [-0.1, -0.05) is 35.4 Å². The summed E-state index contributed by atoms with van der Waals surface area (Å²) in [5, 5.41) is 30.6. The molecule has 11 heteroatoms. The van der Waals surface area contributed by atoms with Gasteiger partial charge in [0.1, 0.15) is 36.0 Å². The van der Waals surface area contributed by atoms with E-state index in [9.17, 15) is 15.2 Å². The number of para-hydroxylation sites is 1. The molecule has 0 spiro atoms. The van der Waals surface area contributed by atoms with Gasteiger partial charge < -0.3 is 35.3 Å². The van der Waals surface area contributed by atoms with Crippen LogP contribution in [0.25, 0.3) is 10.9 Å². The fourth-order valence-corrected chi connectivity index (χ4v) is 5.53. The third kappa shape index (κ3) is 7.29. The lowest BCUT2D eigenvalue weighted by Gasteiger charge is -2.19. The van der Waals surface area contributed by atoms with E-state index in [0.717, 1.165) is 37.9 Å². The highest BCUT2D eigenvalue weighted by atomic mass is 35.5. The zero-order valence-corrected chi connectivity index (χ0v) is 25.2. The number of aromatic hydroxyl groups is 1. The minimum Gasteiger partial charge on any atom is -0.508 e. The Kier molecular flexibility index (Phi) is 9.31. The van der Waals surface area contributed by atoms with E-state index in [1.54, 1.807) is 54.6 Å². The molecule has 45 heavy (non-hydrogen) atoms. The fraction of sp³-hybridized carbons (Fsp3) is 0.265. The monoisotopic (exact) mass is 625 g/mol. The molecule has 4 aromatic rings. The lowest BCUT2D eigenvalue weighted by molar-refractivity contribution is -0.112. The van der Waals surface area contributed by atoms with Crippen LogP contribution >= 0.6 is 11.6 Å². The molecule has 2 saturated heterocycles. The number of fused-ring (bicyclic) bond motifs is 1. The van der Waals surface area contributed by atoms with Gasteiger partial charge in [-0.25, -0.2) is 0 Å². The molecule has 2 fully saturated rings. The van der Waals surface area contributed by atoms with Gasteiger partial charge in [0.2, 0.25) is 5.91 Å². The second-order valence-electron chi connectivity index (χ2n) is 10.9. The molecule has 1 aromatic heterocycles. The summed E-state index contributed by atoms with van der Waals surface area (Å²) in [7, 11) is 0. The summed E-state index contributed by atoms with van der Waals surface area (Å²) in [6.45, 7) is 2.90. The van der Waals surface area contributed by atoms with E-state index in [2.05, 4.69) is 27.0 Å². The van der Waals surface area contributed by atoms with Crippen molar-refractivity contribution in [3.8, 4) is 23.3 Å². The molecule has 1 unspecified atom stereocenters. The van der Waals surface area contributed by atoms with Crippen molar-refractivity contribution in [3.63, 3.8) is 0 Å². The number of rotatable bonds is 9. The van der Waals surface area contributed by atoms with Crippen molar-refractivity contribution in [1.82, 2.24) is 10.3 Å². The van der Waals surface area contributed by atoms with Crippen molar-refractivity contribution < 1.29 is 24.1 Å². The minimum atomic E-state index is -0.246. The van der Waals surface area contributed by atoms with E-state index in [1.807, 2.05) is 6.07 Å². The molecule has 4 N–H and O–H groups in total. The van der Waals surface area contributed by atoms with Crippen LogP contribution in [0.5, 0.6) is 17.2 Å². The number of nitrogens with zero attached hydrogens (tertiary/aromatic N) is 2. The summed E-state index contributed by atoms with van der Waals surface area (Å²) in [5.74, 6) is 0.816. The molecule has 3 heterocycles. The summed E-state index contributed by atoms with van der Waals surface area (Å²) >= 11 is 6.57. The highest BCUT2D eigenvalue weighted by Crippen LogP contribution is 2.38. The molecule has 2 aliphatic heterocycles. The van der Waals surface area contributed by atoms with Crippen molar-refractivity contribution in [2.75, 3.05) is 36.9 Å². The lowest BCUT2D eigenvalue weighted by Crippen LogP contribution is -2.24. The molecule has 2 aliphatic rings. The summed E-state index contributed by atoms with van der Waals surface area (Å²) in [5.41, 5.74) is 4.19. The molecule has 0 saturated carbocycles. The van der Waals surface area contributed by atoms with Crippen molar-refractivity contribution in [3.05, 3.63) is 88.6 Å². The van der Waals surface area contributed by atoms with Crippen LogP contribution in [0.1, 0.15) is 30.4 Å². The van der Waals surface area contributed by atoms with Gasteiger partial charge in [0.15, 0.2) is 0 Å². The van der Waals surface area contributed by atoms with Crippen LogP contribution in [0.4, 0.5) is 17.1 Å². The van der Waals surface area contributed by atoms with Gasteiger partial charge >= 0.3 is 0 Å². The maximum atomic E-state index is 13.1. The maximum absolute atomic E-state index is 13.1. The first-order chi connectivity index (χ1) is 22.0. The van der Waals surface area contributed by atoms with Crippen molar-refractivity contribution in [1.29, 1.82) is 5.26 Å². The Morgan fingerprint density at radius 2 is 2.02 bits per heavy atom. The largest absolute Gasteiger partial charge is 0.508 e. The Hall–Kier alpha value is -4.82. The van der Waals surface area contributed by atoms with Crippen LogP contribution in [0.15, 0.2) is 72.4 Å². The van der Waals surface area contributed by atoms with E-state index >= 15 is 0 Å². The molecule has 0 radical (unpaired) electrons. The smallest absolute Gasteiger partial charge is 0.248 e. The molecular formula is C34H32ClN5O5. The number of nitrogens with one attached hydrogen (secondary N) is 3. The van der Waals surface area contributed by atoms with Crippen LogP contribution in [0.3, 0.4) is 0 Å². The molecule has 230 valence electrons. The van der Waals surface area contributed by atoms with E-state index in [-0.39, 0.29) is 24.4 Å². The zero-order chi connectivity index (χ0) is 31.2. The average molecular weight is 626 g/mol. The fourth-order valence-electron chi connectivity index (χ4n) is 5.29. The SMILES string of the molecule is N#Cc1cnc2cc(OC3CCOC3)c(NC(=O)C=C3CCNCC3)cc2c1Nc1ccc(OCc2ccccc2O)c(Cl)c1. The molecule has 0 aliphatic carbocycles. The molecule has 1 amide bonds. The molecule has 1 atom stereocenters. The Morgan fingerprint density at radius 1 is 1.18 bits per heavy atom. The summed E-state index contributed by atoms with van der Waals surface area (Å²) in [6.07, 6.45) is 5.38. The van der Waals surface area contributed by atoms with Gasteiger partial charge in [-0.15, -0.1) is 0 Å². The van der Waals surface area contributed by atoms with Crippen LogP contribution in [0.2, 0.25) is 5.02 Å². The van der Waals surface area contributed by atoms with Gasteiger partial charge in [0.25, 0.3) is 0 Å². The third-order valence-electron chi connectivity index (χ3n) is 7.69. The maximum Gasteiger partial charge on any atom is 0.248 e. The summed E-state index contributed by atoms with van der Waals surface area (Å²) in [4.78, 5) is 17.6. The van der Waals surface area contributed by atoms with Crippen molar-refractivity contribution in [2.24, 2.45) is 0 Å². The quantitative estimate of drug-likeness (QED) is 0.160. The number of anilines is 3. The van der Waals surface area contributed by atoms with E-state index < -0.39 is 0 Å². The number of hydrogen-bond acceptors (Lipinski definition) is 9. The van der Waals surface area contributed by atoms with E-state index in [4.69, 9.17) is 25.8 Å². The number of halogens is 1. The summed E-state index contributed by atoms with van der Waals surface area (Å²) < 4.78 is 17.6. The van der Waals surface area contributed by atoms with Gasteiger partial charge in [0.05, 0.1) is 40.7 Å². The predicted octanol–water partition coefficient (Wildman–Crippen LogP) is 6.20. The number of carbonyl (C=O) groups excluding carboxylic acids is 1. The lowest BCUT2D eigenvalue weighted by atomic mass is 10.0. The van der Waals surface area contributed by atoms with E-state index in [1.165, 1.54) is 6.20 Å². The number of ether oxygens (including phenoxy) is 3. The van der Waals surface area contributed by atoms with Gasteiger partial charge in [-0.3, -0.25) is 9.78 Å². The first kappa shape index (κ1) is 30.2. The first-order valence-electron chi connectivity index (χ1n) is 14.8. The second-order valence-corrected chi connectivity index (χ2v) is 11.3. The van der Waals surface area contributed by atoms with Crippen molar-refractivity contribution >= 4 is 45.5 Å². The topological polar surface area (TPSA) is 138 Å². The number of phenols is 1. The highest BCUT2D eigenvalue weighted by Gasteiger charge is 2.22. The Balaban J connectivity index is 1.31. The number of nitriles is 1. The Labute approximate surface area is 265 Å². The average Bonchev–Trinajstić information content (AvgIpc) is 3.56. The molecule has 3 aromatic carbocycles. The van der Waals surface area contributed by atoms with Gasteiger partial charge in [-0.05, 0) is 56.3 Å². The normalized spacial score (nSPS) is 16.2. The molecule has 6 rings (SSSR count). The number of amides is 1.